The van der Waals surface area contributed by atoms with Gasteiger partial charge < -0.3 is 10.2 Å². The van der Waals surface area contributed by atoms with Gasteiger partial charge in [-0.25, -0.2) is 4.98 Å². The molecule has 1 fully saturated rings. The normalized spacial score (nSPS) is 24.2. The Morgan fingerprint density at radius 3 is 2.47 bits per heavy atom. The molecule has 5 heteroatoms. The fraction of sp³-hybridized carbons (Fsp3) is 0.786. The maximum Gasteiger partial charge on any atom is 0.185 e. The maximum atomic E-state index is 4.92. The second kappa shape index (κ2) is 6.46. The average Bonchev–Trinajstić information content (AvgIpc) is 2.72. The molecule has 0 radical (unpaired) electrons. The highest BCUT2D eigenvalue weighted by molar-refractivity contribution is 8.00. The number of aromatic nitrogens is 1. The lowest BCUT2D eigenvalue weighted by atomic mass is 10.1. The Morgan fingerprint density at radius 2 is 1.95 bits per heavy atom. The third-order valence-corrected chi connectivity index (χ3v) is 5.65. The van der Waals surface area contributed by atoms with E-state index < -0.39 is 0 Å². The second-order valence-corrected chi connectivity index (χ2v) is 8.60. The van der Waals surface area contributed by atoms with Gasteiger partial charge in [0.05, 0.1) is 5.69 Å². The molecule has 108 valence electrons. The number of hydrogen-bond donors (Lipinski definition) is 1. The van der Waals surface area contributed by atoms with E-state index in [4.69, 9.17) is 4.98 Å². The first-order valence-electron chi connectivity index (χ1n) is 7.05. The second-order valence-electron chi connectivity index (χ2n) is 5.65. The molecule has 3 nitrogen and oxygen atoms in total. The molecule has 2 atom stereocenters. The molecular formula is C14H25N3S2. The van der Waals surface area contributed by atoms with Gasteiger partial charge in [0.1, 0.15) is 0 Å². The first kappa shape index (κ1) is 15.1. The Kier molecular flexibility index (Phi) is 5.15. The summed E-state index contributed by atoms with van der Waals surface area (Å²) in [7, 11) is 2.01. The highest BCUT2D eigenvalue weighted by atomic mass is 32.2. The molecule has 2 unspecified atom stereocenters. The van der Waals surface area contributed by atoms with Crippen molar-refractivity contribution in [2.75, 3.05) is 25.0 Å². The minimum atomic E-state index is 0.502. The summed E-state index contributed by atoms with van der Waals surface area (Å²) >= 11 is 3.96. The summed E-state index contributed by atoms with van der Waals surface area (Å²) in [6.07, 6.45) is 0. The summed E-state index contributed by atoms with van der Waals surface area (Å²) in [4.78, 5) is 8.78. The van der Waals surface area contributed by atoms with E-state index in [2.05, 4.69) is 49.7 Å². The number of thiazole rings is 1. The maximum absolute atomic E-state index is 4.92. The number of nitrogens with zero attached hydrogens (tertiary/aromatic N) is 2. The van der Waals surface area contributed by atoms with Crippen molar-refractivity contribution < 1.29 is 0 Å². The highest BCUT2D eigenvalue weighted by Crippen LogP contribution is 2.34. The number of thioether (sulfide) groups is 1. The molecule has 2 heterocycles. The molecule has 19 heavy (non-hydrogen) atoms. The van der Waals surface area contributed by atoms with Crippen LogP contribution in [0.1, 0.15) is 44.2 Å². The Hall–Kier alpha value is -0.260. The van der Waals surface area contributed by atoms with Gasteiger partial charge in [-0.05, 0) is 13.0 Å². The van der Waals surface area contributed by atoms with Crippen LogP contribution < -0.4 is 10.2 Å². The van der Waals surface area contributed by atoms with Gasteiger partial charge in [0.15, 0.2) is 5.13 Å². The van der Waals surface area contributed by atoms with Crippen molar-refractivity contribution in [3.63, 3.8) is 0 Å². The molecule has 1 saturated heterocycles. The minimum absolute atomic E-state index is 0.502. The van der Waals surface area contributed by atoms with Gasteiger partial charge in [0.2, 0.25) is 0 Å². The molecule has 0 spiro atoms. The Labute approximate surface area is 125 Å². The van der Waals surface area contributed by atoms with Crippen molar-refractivity contribution in [2.24, 2.45) is 0 Å². The third kappa shape index (κ3) is 3.64. The van der Waals surface area contributed by atoms with Crippen LogP contribution >= 0.6 is 23.1 Å². The molecule has 0 bridgehead atoms. The van der Waals surface area contributed by atoms with E-state index in [0.717, 1.165) is 19.6 Å². The summed E-state index contributed by atoms with van der Waals surface area (Å²) in [6, 6.07) is 0. The smallest absolute Gasteiger partial charge is 0.185 e. The van der Waals surface area contributed by atoms with Crippen LogP contribution in [0.3, 0.4) is 0 Å². The lowest BCUT2D eigenvalue weighted by Gasteiger charge is -2.34. The largest absolute Gasteiger partial charge is 0.346 e. The van der Waals surface area contributed by atoms with Gasteiger partial charge in [-0.1, -0.05) is 27.7 Å². The zero-order valence-electron chi connectivity index (χ0n) is 12.6. The Bertz CT molecular complexity index is 407. The molecule has 1 aliphatic heterocycles. The zero-order chi connectivity index (χ0) is 14.0. The standard InChI is InChI=1S/C14H25N3S2/c1-9(2)13-12(6-15-5)19-14(16-13)17-7-10(3)18-11(4)8-17/h9-11,15H,6-8H2,1-5H3. The van der Waals surface area contributed by atoms with E-state index in [-0.39, 0.29) is 0 Å². The summed E-state index contributed by atoms with van der Waals surface area (Å²) in [5.74, 6) is 0.502. The van der Waals surface area contributed by atoms with Gasteiger partial charge in [-0.15, -0.1) is 11.3 Å². The van der Waals surface area contributed by atoms with Gasteiger partial charge in [0.25, 0.3) is 0 Å². The lowest BCUT2D eigenvalue weighted by molar-refractivity contribution is 0.718. The molecule has 0 aromatic carbocycles. The molecule has 1 N–H and O–H groups in total. The van der Waals surface area contributed by atoms with Crippen LogP contribution in [0.15, 0.2) is 0 Å². The zero-order valence-corrected chi connectivity index (χ0v) is 14.2. The van der Waals surface area contributed by atoms with Crippen molar-refractivity contribution in [1.29, 1.82) is 0 Å². The monoisotopic (exact) mass is 299 g/mol. The molecule has 1 aromatic heterocycles. The Morgan fingerprint density at radius 1 is 1.32 bits per heavy atom. The van der Waals surface area contributed by atoms with Crippen LogP contribution in [0.4, 0.5) is 5.13 Å². The average molecular weight is 300 g/mol. The van der Waals surface area contributed by atoms with E-state index in [1.807, 2.05) is 18.4 Å². The van der Waals surface area contributed by atoms with E-state index >= 15 is 0 Å². The van der Waals surface area contributed by atoms with Gasteiger partial charge in [-0.2, -0.15) is 11.8 Å². The van der Waals surface area contributed by atoms with Crippen LogP contribution in [0.5, 0.6) is 0 Å². The topological polar surface area (TPSA) is 28.2 Å². The first-order valence-corrected chi connectivity index (χ1v) is 8.81. The van der Waals surface area contributed by atoms with E-state index in [9.17, 15) is 0 Å². The number of hydrogen-bond acceptors (Lipinski definition) is 5. The van der Waals surface area contributed by atoms with Crippen molar-refractivity contribution in [1.82, 2.24) is 10.3 Å². The van der Waals surface area contributed by atoms with Crippen molar-refractivity contribution in [2.45, 2.75) is 50.7 Å². The molecule has 2 rings (SSSR count). The van der Waals surface area contributed by atoms with E-state index in [1.165, 1.54) is 15.7 Å². The minimum Gasteiger partial charge on any atom is -0.346 e. The number of rotatable bonds is 4. The molecule has 0 aliphatic carbocycles. The highest BCUT2D eigenvalue weighted by Gasteiger charge is 2.25. The van der Waals surface area contributed by atoms with E-state index in [0.29, 0.717) is 16.4 Å². The van der Waals surface area contributed by atoms with Crippen LogP contribution in [0.2, 0.25) is 0 Å². The SMILES string of the molecule is CNCc1sc(N2CC(C)SC(C)C2)nc1C(C)C. The van der Waals surface area contributed by atoms with Crippen LogP contribution in [0.25, 0.3) is 0 Å². The van der Waals surface area contributed by atoms with Crippen LogP contribution in [0, 0.1) is 0 Å². The molecule has 1 aromatic rings. The van der Waals surface area contributed by atoms with E-state index in [1.54, 1.807) is 0 Å². The fourth-order valence-electron chi connectivity index (χ4n) is 2.56. The van der Waals surface area contributed by atoms with Crippen LogP contribution in [-0.4, -0.2) is 35.6 Å². The van der Waals surface area contributed by atoms with Crippen LogP contribution in [-0.2, 0) is 6.54 Å². The first-order chi connectivity index (χ1) is 9.01. The predicted molar refractivity (Wildman–Crippen MR) is 87.7 cm³/mol. The molecule has 1 aliphatic rings. The Balaban J connectivity index is 2.22. The van der Waals surface area contributed by atoms with Gasteiger partial charge in [0, 0.05) is 35.0 Å². The predicted octanol–water partition coefficient (Wildman–Crippen LogP) is 3.32. The summed E-state index contributed by atoms with van der Waals surface area (Å²) in [6.45, 7) is 12.3. The summed E-state index contributed by atoms with van der Waals surface area (Å²) in [5, 5.41) is 5.87. The third-order valence-electron chi connectivity index (χ3n) is 3.29. The van der Waals surface area contributed by atoms with Gasteiger partial charge >= 0.3 is 0 Å². The number of anilines is 1. The quantitative estimate of drug-likeness (QED) is 0.923. The molecular weight excluding hydrogens is 274 g/mol. The fourth-order valence-corrected chi connectivity index (χ4v) is 5.13. The summed E-state index contributed by atoms with van der Waals surface area (Å²) < 4.78 is 0. The van der Waals surface area contributed by atoms with Crippen molar-refractivity contribution in [3.05, 3.63) is 10.6 Å². The summed E-state index contributed by atoms with van der Waals surface area (Å²) in [5.41, 5.74) is 1.27. The molecule has 0 amide bonds. The van der Waals surface area contributed by atoms with Gasteiger partial charge in [-0.3, -0.25) is 0 Å². The number of nitrogens with one attached hydrogen (secondary N) is 1. The van der Waals surface area contributed by atoms with Crippen molar-refractivity contribution in [3.8, 4) is 0 Å². The molecule has 0 saturated carbocycles. The van der Waals surface area contributed by atoms with Crippen molar-refractivity contribution >= 4 is 28.2 Å². The lowest BCUT2D eigenvalue weighted by Crippen LogP contribution is -2.40.